The lowest BCUT2D eigenvalue weighted by molar-refractivity contribution is -0.389. The Morgan fingerprint density at radius 1 is 1.83 bits per heavy atom. The van der Waals surface area contributed by atoms with Crippen LogP contribution in [0.4, 0.5) is 5.82 Å². The van der Waals surface area contributed by atoms with Gasteiger partial charge >= 0.3 is 5.82 Å². The number of hydrogen-bond donors (Lipinski definition) is 0. The first kappa shape index (κ1) is 8.45. The minimum absolute atomic E-state index is 0.112. The summed E-state index contributed by atoms with van der Waals surface area (Å²) >= 11 is 0. The van der Waals surface area contributed by atoms with Gasteiger partial charge in [-0.1, -0.05) is 12.2 Å². The van der Waals surface area contributed by atoms with Gasteiger partial charge in [-0.2, -0.15) is 0 Å². The van der Waals surface area contributed by atoms with Gasteiger partial charge in [-0.15, -0.1) is 0 Å². The van der Waals surface area contributed by atoms with Crippen molar-refractivity contribution in [1.82, 2.24) is 9.55 Å². The largest absolute Gasteiger partial charge is 0.381 e. The molecule has 1 rings (SSSR count). The summed E-state index contributed by atoms with van der Waals surface area (Å²) in [6.45, 7) is 2.52. The molecule has 0 radical (unpaired) electrons. The fraction of sp³-hybridized carbons (Fsp3) is 0.286. The highest BCUT2D eigenvalue weighted by atomic mass is 16.6. The number of nitro groups is 1. The summed E-state index contributed by atoms with van der Waals surface area (Å²) in [4.78, 5) is 13.3. The number of hydrogen-bond acceptors (Lipinski definition) is 3. The standard InChI is InChI=1S/C7H9N3O2/c1-2-3-4-9-5-7(8-6-9)10(11)12/h2-3,5-6H,4H2,1H3/b3-2+. The van der Waals surface area contributed by atoms with Gasteiger partial charge in [0, 0.05) is 6.54 Å². The molecule has 0 atom stereocenters. The normalized spacial score (nSPS) is 10.8. The van der Waals surface area contributed by atoms with E-state index in [0.717, 1.165) is 0 Å². The fourth-order valence-corrected chi connectivity index (χ4v) is 0.770. The molecule has 0 aromatic carbocycles. The van der Waals surface area contributed by atoms with Crippen LogP contribution in [0.25, 0.3) is 0 Å². The fourth-order valence-electron chi connectivity index (χ4n) is 0.770. The molecule has 0 spiro atoms. The molecule has 0 saturated carbocycles. The molecule has 0 N–H and O–H groups in total. The third kappa shape index (κ3) is 1.91. The summed E-state index contributed by atoms with van der Waals surface area (Å²) in [6.07, 6.45) is 6.62. The van der Waals surface area contributed by atoms with Crippen molar-refractivity contribution in [1.29, 1.82) is 0 Å². The van der Waals surface area contributed by atoms with Gasteiger partial charge in [0.2, 0.25) is 6.33 Å². The molecule has 0 bridgehead atoms. The van der Waals surface area contributed by atoms with Crippen molar-refractivity contribution in [2.24, 2.45) is 0 Å². The monoisotopic (exact) mass is 167 g/mol. The Kier molecular flexibility index (Phi) is 2.57. The Hall–Kier alpha value is -1.65. The van der Waals surface area contributed by atoms with Crippen LogP contribution in [0.5, 0.6) is 0 Å². The lowest BCUT2D eigenvalue weighted by Gasteiger charge is -1.89. The second-order valence-electron chi connectivity index (χ2n) is 2.25. The molecule has 1 aromatic rings. The summed E-state index contributed by atoms with van der Waals surface area (Å²) in [7, 11) is 0. The second kappa shape index (κ2) is 3.66. The average Bonchev–Trinajstić information content (AvgIpc) is 2.48. The molecule has 0 unspecified atom stereocenters. The highest BCUT2D eigenvalue weighted by Gasteiger charge is 2.07. The van der Waals surface area contributed by atoms with E-state index >= 15 is 0 Å². The molecular weight excluding hydrogens is 158 g/mol. The van der Waals surface area contributed by atoms with Gasteiger partial charge in [-0.3, -0.25) is 0 Å². The molecule has 0 aliphatic carbocycles. The van der Waals surface area contributed by atoms with Gasteiger partial charge < -0.3 is 14.7 Å². The van der Waals surface area contributed by atoms with E-state index in [9.17, 15) is 10.1 Å². The van der Waals surface area contributed by atoms with Gasteiger partial charge in [0.15, 0.2) is 0 Å². The van der Waals surface area contributed by atoms with Crippen LogP contribution >= 0.6 is 0 Å². The minimum Gasteiger partial charge on any atom is -0.358 e. The third-order valence-electron chi connectivity index (χ3n) is 1.36. The van der Waals surface area contributed by atoms with Crippen LogP contribution in [0.2, 0.25) is 0 Å². The summed E-state index contributed by atoms with van der Waals surface area (Å²) in [5.41, 5.74) is 0. The van der Waals surface area contributed by atoms with Crippen molar-refractivity contribution >= 4 is 5.82 Å². The summed E-state index contributed by atoms with van der Waals surface area (Å²) in [5, 5.41) is 10.2. The highest BCUT2D eigenvalue weighted by molar-refractivity contribution is 5.12. The quantitative estimate of drug-likeness (QED) is 0.388. The van der Waals surface area contributed by atoms with Gasteiger partial charge in [-0.05, 0) is 16.8 Å². The maximum atomic E-state index is 10.2. The van der Waals surface area contributed by atoms with Crippen LogP contribution in [0.1, 0.15) is 6.92 Å². The predicted molar refractivity (Wildman–Crippen MR) is 43.7 cm³/mol. The maximum absolute atomic E-state index is 10.2. The Labute approximate surface area is 69.5 Å². The Morgan fingerprint density at radius 2 is 2.58 bits per heavy atom. The number of rotatable bonds is 3. The van der Waals surface area contributed by atoms with Crippen molar-refractivity contribution in [2.45, 2.75) is 13.5 Å². The Balaban J connectivity index is 2.70. The van der Waals surface area contributed by atoms with Crippen molar-refractivity contribution < 1.29 is 4.92 Å². The van der Waals surface area contributed by atoms with Crippen molar-refractivity contribution in [3.05, 3.63) is 34.8 Å². The van der Waals surface area contributed by atoms with Gasteiger partial charge in [0.05, 0.1) is 0 Å². The molecular formula is C7H9N3O2. The average molecular weight is 167 g/mol. The van der Waals surface area contributed by atoms with Crippen LogP contribution in [-0.4, -0.2) is 14.5 Å². The van der Waals surface area contributed by atoms with E-state index in [-0.39, 0.29) is 5.82 Å². The predicted octanol–water partition coefficient (Wildman–Crippen LogP) is 1.37. The molecule has 5 nitrogen and oxygen atoms in total. The smallest absolute Gasteiger partial charge is 0.358 e. The lowest BCUT2D eigenvalue weighted by atomic mass is 10.5. The molecule has 0 aliphatic heterocycles. The summed E-state index contributed by atoms with van der Waals surface area (Å²) in [6, 6.07) is 0. The van der Waals surface area contributed by atoms with E-state index in [1.54, 1.807) is 4.57 Å². The molecule has 0 amide bonds. The van der Waals surface area contributed by atoms with Gasteiger partial charge in [-0.25, -0.2) is 0 Å². The molecule has 64 valence electrons. The summed E-state index contributed by atoms with van der Waals surface area (Å²) in [5.74, 6) is -0.112. The zero-order valence-corrected chi connectivity index (χ0v) is 6.67. The second-order valence-corrected chi connectivity index (χ2v) is 2.25. The van der Waals surface area contributed by atoms with E-state index < -0.39 is 4.92 Å². The first-order chi connectivity index (χ1) is 5.74. The first-order valence-corrected chi connectivity index (χ1v) is 3.51. The zero-order valence-electron chi connectivity index (χ0n) is 6.67. The van der Waals surface area contributed by atoms with Crippen molar-refractivity contribution in [3.8, 4) is 0 Å². The molecule has 1 aromatic heterocycles. The van der Waals surface area contributed by atoms with E-state index in [4.69, 9.17) is 0 Å². The van der Waals surface area contributed by atoms with Crippen LogP contribution in [-0.2, 0) is 6.54 Å². The number of imidazole rings is 1. The van der Waals surface area contributed by atoms with Gasteiger partial charge in [0.1, 0.15) is 6.20 Å². The lowest BCUT2D eigenvalue weighted by Crippen LogP contribution is -1.90. The number of aromatic nitrogens is 2. The maximum Gasteiger partial charge on any atom is 0.381 e. The van der Waals surface area contributed by atoms with E-state index in [1.165, 1.54) is 12.5 Å². The van der Waals surface area contributed by atoms with Gasteiger partial charge in [0.25, 0.3) is 0 Å². The topological polar surface area (TPSA) is 61.0 Å². The zero-order chi connectivity index (χ0) is 8.97. The molecule has 1 heterocycles. The van der Waals surface area contributed by atoms with Crippen molar-refractivity contribution in [2.75, 3.05) is 0 Å². The van der Waals surface area contributed by atoms with E-state index in [1.807, 2.05) is 19.1 Å². The van der Waals surface area contributed by atoms with Crippen LogP contribution in [0.3, 0.4) is 0 Å². The van der Waals surface area contributed by atoms with E-state index in [0.29, 0.717) is 6.54 Å². The molecule has 0 fully saturated rings. The highest BCUT2D eigenvalue weighted by Crippen LogP contribution is 2.05. The first-order valence-electron chi connectivity index (χ1n) is 3.51. The number of nitrogens with zero attached hydrogens (tertiary/aromatic N) is 3. The SMILES string of the molecule is C/C=C/Cn1cnc([N+](=O)[O-])c1. The third-order valence-corrected chi connectivity index (χ3v) is 1.36. The summed E-state index contributed by atoms with van der Waals surface area (Å²) < 4.78 is 1.65. The van der Waals surface area contributed by atoms with Crippen LogP contribution in [0, 0.1) is 10.1 Å². The Bertz CT molecular complexity index is 303. The number of allylic oxidation sites excluding steroid dienone is 2. The Morgan fingerprint density at radius 3 is 3.08 bits per heavy atom. The van der Waals surface area contributed by atoms with Crippen LogP contribution in [0.15, 0.2) is 24.7 Å². The van der Waals surface area contributed by atoms with E-state index in [2.05, 4.69) is 4.98 Å². The molecule has 0 aliphatic rings. The minimum atomic E-state index is -0.508. The molecule has 5 heteroatoms. The molecule has 0 saturated heterocycles. The van der Waals surface area contributed by atoms with Crippen LogP contribution < -0.4 is 0 Å². The molecule has 12 heavy (non-hydrogen) atoms. The van der Waals surface area contributed by atoms with Crippen molar-refractivity contribution in [3.63, 3.8) is 0 Å².